The van der Waals surface area contributed by atoms with Crippen LogP contribution in [-0.4, -0.2) is 33.7 Å². The first-order chi connectivity index (χ1) is 12.7. The fourth-order valence-corrected chi connectivity index (χ4v) is 2.78. The zero-order chi connectivity index (χ0) is 18.4. The Labute approximate surface area is 152 Å². The van der Waals surface area contributed by atoms with E-state index in [1.165, 1.54) is 0 Å². The smallest absolute Gasteiger partial charge is 0.319 e. The Morgan fingerprint density at radius 1 is 1.23 bits per heavy atom. The Balaban J connectivity index is 1.49. The number of amides is 2. The van der Waals surface area contributed by atoms with E-state index in [1.807, 2.05) is 37.5 Å². The van der Waals surface area contributed by atoms with Gasteiger partial charge >= 0.3 is 6.03 Å². The lowest BCUT2D eigenvalue weighted by molar-refractivity contribution is 0.252. The molecule has 0 aliphatic rings. The lowest BCUT2D eigenvalue weighted by Gasteiger charge is -2.11. The second kappa shape index (κ2) is 8.33. The van der Waals surface area contributed by atoms with E-state index >= 15 is 0 Å². The second-order valence-corrected chi connectivity index (χ2v) is 6.14. The molecule has 2 amide bonds. The lowest BCUT2D eigenvalue weighted by Crippen LogP contribution is -2.32. The quantitative estimate of drug-likeness (QED) is 0.569. The first kappa shape index (κ1) is 17.7. The van der Waals surface area contributed by atoms with Crippen molar-refractivity contribution in [1.29, 1.82) is 0 Å². The van der Waals surface area contributed by atoms with Crippen molar-refractivity contribution in [1.82, 2.24) is 19.9 Å². The summed E-state index contributed by atoms with van der Waals surface area (Å²) < 4.78 is 2.12. The van der Waals surface area contributed by atoms with Crippen LogP contribution in [0.4, 0.5) is 16.2 Å². The number of pyridine rings is 1. The number of aromatic nitrogens is 3. The van der Waals surface area contributed by atoms with Crippen molar-refractivity contribution in [3.8, 4) is 0 Å². The van der Waals surface area contributed by atoms with E-state index in [0.29, 0.717) is 13.1 Å². The van der Waals surface area contributed by atoms with Gasteiger partial charge in [-0.3, -0.25) is 4.98 Å². The SMILES string of the molecule is CCCn1cnc2cc(NC(=O)NCCNc3ccncc3C)ccc21. The highest BCUT2D eigenvalue weighted by Crippen LogP contribution is 2.18. The number of rotatable bonds is 7. The number of urea groups is 1. The first-order valence-corrected chi connectivity index (χ1v) is 8.81. The second-order valence-electron chi connectivity index (χ2n) is 6.14. The molecule has 0 fully saturated rings. The molecule has 3 N–H and O–H groups in total. The van der Waals surface area contributed by atoms with Crippen LogP contribution in [0.1, 0.15) is 18.9 Å². The van der Waals surface area contributed by atoms with Crippen LogP contribution in [0.3, 0.4) is 0 Å². The highest BCUT2D eigenvalue weighted by Gasteiger charge is 2.06. The van der Waals surface area contributed by atoms with Crippen molar-refractivity contribution in [3.63, 3.8) is 0 Å². The summed E-state index contributed by atoms with van der Waals surface area (Å²) in [5.41, 5.74) is 4.79. The van der Waals surface area contributed by atoms with E-state index in [1.54, 1.807) is 12.4 Å². The predicted octanol–water partition coefficient (Wildman–Crippen LogP) is 3.38. The summed E-state index contributed by atoms with van der Waals surface area (Å²) in [6.45, 7) is 6.22. The highest BCUT2D eigenvalue weighted by atomic mass is 16.2. The molecule has 7 heteroatoms. The lowest BCUT2D eigenvalue weighted by atomic mass is 10.2. The topological polar surface area (TPSA) is 83.9 Å². The van der Waals surface area contributed by atoms with E-state index in [4.69, 9.17) is 0 Å². The molecule has 0 unspecified atom stereocenters. The van der Waals surface area contributed by atoms with Crippen molar-refractivity contribution in [2.24, 2.45) is 0 Å². The van der Waals surface area contributed by atoms with Crippen molar-refractivity contribution < 1.29 is 4.79 Å². The number of imidazole rings is 1. The van der Waals surface area contributed by atoms with Crippen LogP contribution in [0.15, 0.2) is 43.0 Å². The monoisotopic (exact) mass is 352 g/mol. The van der Waals surface area contributed by atoms with Crippen molar-refractivity contribution >= 4 is 28.4 Å². The molecule has 3 rings (SSSR count). The number of anilines is 2. The Hall–Kier alpha value is -3.09. The van der Waals surface area contributed by atoms with Crippen LogP contribution in [0, 0.1) is 6.92 Å². The van der Waals surface area contributed by atoms with E-state index in [9.17, 15) is 4.79 Å². The Kier molecular flexibility index (Phi) is 5.68. The predicted molar refractivity (Wildman–Crippen MR) is 105 cm³/mol. The van der Waals surface area contributed by atoms with E-state index in [0.717, 1.165) is 40.9 Å². The van der Waals surface area contributed by atoms with Gasteiger partial charge in [0.1, 0.15) is 0 Å². The molecule has 0 bridgehead atoms. The number of carbonyl (C=O) groups is 1. The summed E-state index contributed by atoms with van der Waals surface area (Å²) in [5.74, 6) is 0. The van der Waals surface area contributed by atoms with Gasteiger partial charge in [-0.05, 0) is 43.2 Å². The molecule has 7 nitrogen and oxygen atoms in total. The molecule has 3 aromatic rings. The van der Waals surface area contributed by atoms with Crippen LogP contribution in [0.5, 0.6) is 0 Å². The van der Waals surface area contributed by atoms with Crippen LogP contribution < -0.4 is 16.0 Å². The summed E-state index contributed by atoms with van der Waals surface area (Å²) in [4.78, 5) is 20.5. The largest absolute Gasteiger partial charge is 0.383 e. The Morgan fingerprint density at radius 2 is 2.12 bits per heavy atom. The summed E-state index contributed by atoms with van der Waals surface area (Å²) in [6, 6.07) is 7.46. The number of hydrogen-bond acceptors (Lipinski definition) is 4. The van der Waals surface area contributed by atoms with Crippen molar-refractivity contribution in [2.45, 2.75) is 26.8 Å². The van der Waals surface area contributed by atoms with Gasteiger partial charge in [0.15, 0.2) is 0 Å². The molecule has 0 aliphatic heterocycles. The van der Waals surface area contributed by atoms with Gasteiger partial charge in [-0.2, -0.15) is 0 Å². The third kappa shape index (κ3) is 4.30. The number of fused-ring (bicyclic) bond motifs is 1. The van der Waals surface area contributed by atoms with E-state index < -0.39 is 0 Å². The highest BCUT2D eigenvalue weighted by molar-refractivity contribution is 5.91. The van der Waals surface area contributed by atoms with Crippen LogP contribution in [0.25, 0.3) is 11.0 Å². The molecule has 1 aromatic carbocycles. The van der Waals surface area contributed by atoms with E-state index in [2.05, 4.69) is 37.4 Å². The van der Waals surface area contributed by atoms with Gasteiger partial charge in [-0.1, -0.05) is 6.92 Å². The average Bonchev–Trinajstić information content (AvgIpc) is 3.03. The van der Waals surface area contributed by atoms with Crippen LogP contribution >= 0.6 is 0 Å². The van der Waals surface area contributed by atoms with Gasteiger partial charge < -0.3 is 20.5 Å². The molecule has 0 spiro atoms. The van der Waals surface area contributed by atoms with Crippen LogP contribution in [-0.2, 0) is 6.54 Å². The van der Waals surface area contributed by atoms with Gasteiger partial charge in [0.25, 0.3) is 0 Å². The van der Waals surface area contributed by atoms with Gasteiger partial charge in [0.2, 0.25) is 0 Å². The van der Waals surface area contributed by atoms with Gasteiger partial charge in [-0.15, -0.1) is 0 Å². The summed E-state index contributed by atoms with van der Waals surface area (Å²) in [7, 11) is 0. The Morgan fingerprint density at radius 3 is 2.92 bits per heavy atom. The van der Waals surface area contributed by atoms with Crippen molar-refractivity contribution in [3.05, 3.63) is 48.5 Å². The minimum Gasteiger partial charge on any atom is -0.383 e. The first-order valence-electron chi connectivity index (χ1n) is 8.81. The molecule has 136 valence electrons. The summed E-state index contributed by atoms with van der Waals surface area (Å²) >= 11 is 0. The molecule has 0 atom stereocenters. The normalized spacial score (nSPS) is 10.7. The van der Waals surface area contributed by atoms with Gasteiger partial charge in [0, 0.05) is 43.4 Å². The molecule has 2 aromatic heterocycles. The maximum absolute atomic E-state index is 12.0. The number of aryl methyl sites for hydroxylation is 2. The standard InChI is InChI=1S/C19H24N6O/c1-3-10-25-13-23-17-11-15(4-5-18(17)25)24-19(26)22-9-8-21-16-6-7-20-12-14(16)2/h4-7,11-13H,3,8-10H2,1-2H3,(H,20,21)(H2,22,24,26). The van der Waals surface area contributed by atoms with Crippen LogP contribution in [0.2, 0.25) is 0 Å². The van der Waals surface area contributed by atoms with Gasteiger partial charge in [-0.25, -0.2) is 9.78 Å². The molecule has 0 radical (unpaired) electrons. The molecule has 0 saturated heterocycles. The molecule has 26 heavy (non-hydrogen) atoms. The molecule has 0 saturated carbocycles. The third-order valence-corrected chi connectivity index (χ3v) is 4.09. The molecular weight excluding hydrogens is 328 g/mol. The fraction of sp³-hybridized carbons (Fsp3) is 0.316. The molecule has 0 aliphatic carbocycles. The summed E-state index contributed by atoms with van der Waals surface area (Å²) in [6.07, 6.45) is 6.44. The van der Waals surface area contributed by atoms with E-state index in [-0.39, 0.29) is 6.03 Å². The van der Waals surface area contributed by atoms with Gasteiger partial charge in [0.05, 0.1) is 17.4 Å². The number of nitrogens with one attached hydrogen (secondary N) is 3. The average molecular weight is 352 g/mol. The molecular formula is C19H24N6O. The zero-order valence-corrected chi connectivity index (χ0v) is 15.1. The number of nitrogens with zero attached hydrogens (tertiary/aromatic N) is 3. The number of hydrogen-bond donors (Lipinski definition) is 3. The maximum atomic E-state index is 12.0. The number of benzene rings is 1. The number of carbonyl (C=O) groups excluding carboxylic acids is 1. The fourth-order valence-electron chi connectivity index (χ4n) is 2.78. The summed E-state index contributed by atoms with van der Waals surface area (Å²) in [5, 5.41) is 8.96. The molecule has 2 heterocycles. The van der Waals surface area contributed by atoms with Crippen molar-refractivity contribution in [2.75, 3.05) is 23.7 Å². The minimum absolute atomic E-state index is 0.231. The zero-order valence-electron chi connectivity index (χ0n) is 15.1. The third-order valence-electron chi connectivity index (χ3n) is 4.09. The Bertz CT molecular complexity index is 889. The minimum atomic E-state index is -0.231. The maximum Gasteiger partial charge on any atom is 0.319 e.